The molecule has 1 aromatic carbocycles. The Balaban J connectivity index is 2.12. The van der Waals surface area contributed by atoms with Gasteiger partial charge in [-0.05, 0) is 12.1 Å². The summed E-state index contributed by atoms with van der Waals surface area (Å²) in [5.41, 5.74) is 0.212. The van der Waals surface area contributed by atoms with Gasteiger partial charge in [0.2, 0.25) is 0 Å². The monoisotopic (exact) mass is 340 g/mol. The third-order valence-electron chi connectivity index (χ3n) is 2.36. The fraction of sp³-hybridized carbons (Fsp3) is 0.143. The highest BCUT2D eigenvalue weighted by Gasteiger charge is 2.15. The SMILES string of the molecule is O=C(Nc1ncc(C#CCCO)s1)c1c(Cl)cccc1Cl. The van der Waals surface area contributed by atoms with Crippen molar-refractivity contribution in [1.29, 1.82) is 0 Å². The maximum atomic E-state index is 12.1. The number of rotatable bonds is 3. The first kappa shape index (κ1) is 15.8. The van der Waals surface area contributed by atoms with Crippen molar-refractivity contribution >= 4 is 45.6 Å². The van der Waals surface area contributed by atoms with E-state index in [1.165, 1.54) is 11.3 Å². The van der Waals surface area contributed by atoms with Crippen LogP contribution in [-0.2, 0) is 0 Å². The van der Waals surface area contributed by atoms with Crippen LogP contribution in [0.25, 0.3) is 0 Å². The summed E-state index contributed by atoms with van der Waals surface area (Å²) < 4.78 is 0. The first-order valence-electron chi connectivity index (χ1n) is 5.92. The largest absolute Gasteiger partial charge is 0.395 e. The van der Waals surface area contributed by atoms with Gasteiger partial charge in [-0.1, -0.05) is 52.4 Å². The number of hydrogen-bond acceptors (Lipinski definition) is 4. The van der Waals surface area contributed by atoms with Crippen molar-refractivity contribution in [2.45, 2.75) is 6.42 Å². The van der Waals surface area contributed by atoms with Crippen LogP contribution in [0.1, 0.15) is 21.7 Å². The Kier molecular flexibility index (Phi) is 5.59. The van der Waals surface area contributed by atoms with E-state index in [-0.39, 0.29) is 22.2 Å². The summed E-state index contributed by atoms with van der Waals surface area (Å²) >= 11 is 13.2. The van der Waals surface area contributed by atoms with E-state index < -0.39 is 5.91 Å². The van der Waals surface area contributed by atoms with Crippen molar-refractivity contribution in [2.75, 3.05) is 11.9 Å². The molecule has 2 aromatic rings. The summed E-state index contributed by atoms with van der Waals surface area (Å²) in [6.45, 7) is 0.0143. The Hall–Kier alpha value is -1.58. The van der Waals surface area contributed by atoms with Gasteiger partial charge in [0.1, 0.15) is 0 Å². The van der Waals surface area contributed by atoms with Crippen LogP contribution in [0.5, 0.6) is 0 Å². The van der Waals surface area contributed by atoms with E-state index in [0.717, 1.165) is 0 Å². The Morgan fingerprint density at radius 3 is 2.76 bits per heavy atom. The average Bonchev–Trinajstić information content (AvgIpc) is 2.86. The molecule has 0 saturated carbocycles. The van der Waals surface area contributed by atoms with Gasteiger partial charge in [-0.2, -0.15) is 0 Å². The molecular formula is C14H10Cl2N2O2S. The Bertz CT molecular complexity index is 699. The van der Waals surface area contributed by atoms with Crippen LogP contribution < -0.4 is 5.32 Å². The third kappa shape index (κ3) is 4.19. The zero-order valence-corrected chi connectivity index (χ0v) is 13.0. The molecule has 0 atom stereocenters. The molecule has 0 aliphatic heterocycles. The van der Waals surface area contributed by atoms with Gasteiger partial charge in [0.15, 0.2) is 5.13 Å². The number of aliphatic hydroxyl groups is 1. The van der Waals surface area contributed by atoms with Gasteiger partial charge in [-0.3, -0.25) is 10.1 Å². The molecule has 0 aliphatic rings. The number of nitrogens with zero attached hydrogens (tertiary/aromatic N) is 1. The van der Waals surface area contributed by atoms with Crippen LogP contribution in [0.4, 0.5) is 5.13 Å². The first-order valence-corrected chi connectivity index (χ1v) is 7.50. The van der Waals surface area contributed by atoms with Gasteiger partial charge in [0.05, 0.1) is 33.3 Å². The quantitative estimate of drug-likeness (QED) is 0.841. The standard InChI is InChI=1S/C14H10Cl2N2O2S/c15-10-5-3-6-11(16)12(10)13(20)18-14-17-8-9(21-14)4-1-2-7-19/h3,5-6,8,19H,2,7H2,(H,17,18,20). The summed E-state index contributed by atoms with van der Waals surface area (Å²) in [5, 5.41) is 12.2. The number of hydrogen-bond donors (Lipinski definition) is 2. The number of anilines is 1. The number of nitrogens with one attached hydrogen (secondary N) is 1. The van der Waals surface area contributed by atoms with Crippen molar-refractivity contribution in [3.8, 4) is 11.8 Å². The predicted octanol–water partition coefficient (Wildman–Crippen LogP) is 3.44. The zero-order chi connectivity index (χ0) is 15.2. The molecule has 21 heavy (non-hydrogen) atoms. The highest BCUT2D eigenvalue weighted by Crippen LogP contribution is 2.26. The van der Waals surface area contributed by atoms with Gasteiger partial charge < -0.3 is 5.11 Å². The van der Waals surface area contributed by atoms with Crippen LogP contribution in [0.2, 0.25) is 10.0 Å². The molecule has 7 heteroatoms. The normalized spacial score (nSPS) is 9.86. The lowest BCUT2D eigenvalue weighted by Gasteiger charge is -2.05. The third-order valence-corrected chi connectivity index (χ3v) is 3.82. The lowest BCUT2D eigenvalue weighted by molar-refractivity contribution is 0.102. The number of benzene rings is 1. The first-order chi connectivity index (χ1) is 10.1. The van der Waals surface area contributed by atoms with E-state index in [0.29, 0.717) is 16.4 Å². The molecule has 2 N–H and O–H groups in total. The average molecular weight is 341 g/mol. The van der Waals surface area contributed by atoms with Crippen LogP contribution in [0.3, 0.4) is 0 Å². The zero-order valence-electron chi connectivity index (χ0n) is 10.7. The fourth-order valence-electron chi connectivity index (χ4n) is 1.47. The number of thiazole rings is 1. The van der Waals surface area contributed by atoms with Gasteiger partial charge >= 0.3 is 0 Å². The van der Waals surface area contributed by atoms with Gasteiger partial charge in [0.25, 0.3) is 5.91 Å². The van der Waals surface area contributed by atoms with Gasteiger partial charge in [-0.25, -0.2) is 4.98 Å². The molecule has 0 aliphatic carbocycles. The molecule has 0 unspecified atom stereocenters. The van der Waals surface area contributed by atoms with Crippen molar-refractivity contribution < 1.29 is 9.90 Å². The summed E-state index contributed by atoms with van der Waals surface area (Å²) in [6, 6.07) is 4.85. The van der Waals surface area contributed by atoms with Crippen molar-refractivity contribution in [3.63, 3.8) is 0 Å². The highest BCUT2D eigenvalue weighted by molar-refractivity contribution is 7.16. The molecule has 0 fully saturated rings. The molecule has 0 spiro atoms. The second-order valence-electron chi connectivity index (χ2n) is 3.86. The molecule has 0 radical (unpaired) electrons. The van der Waals surface area contributed by atoms with E-state index in [2.05, 4.69) is 22.1 Å². The second-order valence-corrected chi connectivity index (χ2v) is 5.70. The van der Waals surface area contributed by atoms with E-state index in [1.54, 1.807) is 24.4 Å². The van der Waals surface area contributed by atoms with Crippen molar-refractivity contribution in [2.24, 2.45) is 0 Å². The van der Waals surface area contributed by atoms with E-state index >= 15 is 0 Å². The minimum Gasteiger partial charge on any atom is -0.395 e. The van der Waals surface area contributed by atoms with E-state index in [9.17, 15) is 4.79 Å². The van der Waals surface area contributed by atoms with Crippen molar-refractivity contribution in [1.82, 2.24) is 4.98 Å². The highest BCUT2D eigenvalue weighted by atomic mass is 35.5. The minimum atomic E-state index is -0.421. The second kappa shape index (κ2) is 7.43. The maximum absolute atomic E-state index is 12.1. The summed E-state index contributed by atoms with van der Waals surface area (Å²) in [6.07, 6.45) is 1.95. The Morgan fingerprint density at radius 1 is 1.38 bits per heavy atom. The number of carbonyl (C=O) groups is 1. The number of carbonyl (C=O) groups excluding carboxylic acids is 1. The topological polar surface area (TPSA) is 62.2 Å². The van der Waals surface area contributed by atoms with Gasteiger partial charge in [-0.15, -0.1) is 0 Å². The Morgan fingerprint density at radius 2 is 2.10 bits per heavy atom. The molecule has 4 nitrogen and oxygen atoms in total. The predicted molar refractivity (Wildman–Crippen MR) is 85.1 cm³/mol. The lowest BCUT2D eigenvalue weighted by Crippen LogP contribution is -2.12. The van der Waals surface area contributed by atoms with E-state index in [4.69, 9.17) is 28.3 Å². The molecular weight excluding hydrogens is 331 g/mol. The van der Waals surface area contributed by atoms with Crippen LogP contribution in [0.15, 0.2) is 24.4 Å². The maximum Gasteiger partial charge on any atom is 0.260 e. The molecule has 2 rings (SSSR count). The van der Waals surface area contributed by atoms with Crippen molar-refractivity contribution in [3.05, 3.63) is 44.9 Å². The number of amides is 1. The minimum absolute atomic E-state index is 0.0143. The molecule has 0 saturated heterocycles. The van der Waals surface area contributed by atoms with Crippen LogP contribution in [0, 0.1) is 11.8 Å². The summed E-state index contributed by atoms with van der Waals surface area (Å²) in [4.78, 5) is 16.9. The molecule has 1 heterocycles. The number of aromatic nitrogens is 1. The summed E-state index contributed by atoms with van der Waals surface area (Å²) in [5.74, 6) is 5.21. The molecule has 1 amide bonds. The van der Waals surface area contributed by atoms with E-state index in [1.807, 2.05) is 0 Å². The molecule has 1 aromatic heterocycles. The number of aliphatic hydroxyl groups excluding tert-OH is 1. The lowest BCUT2D eigenvalue weighted by atomic mass is 10.2. The molecule has 0 bridgehead atoms. The fourth-order valence-corrected chi connectivity index (χ4v) is 2.72. The van der Waals surface area contributed by atoms with Crippen LogP contribution in [-0.4, -0.2) is 22.6 Å². The smallest absolute Gasteiger partial charge is 0.260 e. The van der Waals surface area contributed by atoms with Crippen LogP contribution >= 0.6 is 34.5 Å². The Labute approximate surface area is 135 Å². The molecule has 108 valence electrons. The van der Waals surface area contributed by atoms with Gasteiger partial charge in [0, 0.05) is 6.42 Å². The summed E-state index contributed by atoms with van der Waals surface area (Å²) in [7, 11) is 0. The number of halogens is 2.